The van der Waals surface area contributed by atoms with Crippen LogP contribution in [0.5, 0.6) is 11.5 Å². The van der Waals surface area contributed by atoms with Gasteiger partial charge in [0.1, 0.15) is 0 Å². The van der Waals surface area contributed by atoms with Crippen LogP contribution in [0.2, 0.25) is 0 Å². The Morgan fingerprint density at radius 1 is 0.397 bits per heavy atom. The average Bonchev–Trinajstić information content (AvgIpc) is 3.86. The zero-order valence-corrected chi connectivity index (χ0v) is 32.2. The predicted molar refractivity (Wildman–Crippen MR) is 245 cm³/mol. The van der Waals surface area contributed by atoms with Crippen LogP contribution in [0.4, 0.5) is 17.1 Å². The molecule has 0 bridgehead atoms. The van der Waals surface area contributed by atoms with Gasteiger partial charge in [0.05, 0.1) is 27.1 Å². The van der Waals surface area contributed by atoms with Crippen LogP contribution in [0.15, 0.2) is 206 Å². The molecule has 0 saturated carbocycles. The summed E-state index contributed by atoms with van der Waals surface area (Å²) in [5.74, 6) is 1.75. The second kappa shape index (κ2) is 13.1. The molecule has 58 heavy (non-hydrogen) atoms. The molecule has 1 aliphatic heterocycles. The Labute approximate surface area is 339 Å². The zero-order chi connectivity index (χ0) is 38.2. The Hall–Kier alpha value is -7.40. The summed E-state index contributed by atoms with van der Waals surface area (Å²) in [7, 11) is 0. The maximum absolute atomic E-state index is 6.52. The van der Waals surface area contributed by atoms with Gasteiger partial charge in [-0.1, -0.05) is 146 Å². The van der Waals surface area contributed by atoms with E-state index in [9.17, 15) is 0 Å². The van der Waals surface area contributed by atoms with Gasteiger partial charge in [0.2, 0.25) is 0 Å². The monoisotopic (exact) mass is 758 g/mol. The summed E-state index contributed by atoms with van der Waals surface area (Å²) in [4.78, 5) is 2.42. The van der Waals surface area contributed by atoms with Gasteiger partial charge in [0, 0.05) is 37.6 Å². The van der Waals surface area contributed by atoms with Gasteiger partial charge in [-0.15, -0.1) is 11.3 Å². The van der Waals surface area contributed by atoms with E-state index in [-0.39, 0.29) is 0 Å². The van der Waals surface area contributed by atoms with Crippen molar-refractivity contribution in [1.82, 2.24) is 4.57 Å². The van der Waals surface area contributed by atoms with Crippen LogP contribution in [-0.2, 0) is 0 Å². The van der Waals surface area contributed by atoms with Gasteiger partial charge in [-0.25, -0.2) is 0 Å². The topological polar surface area (TPSA) is 17.4 Å². The summed E-state index contributed by atoms with van der Waals surface area (Å²) in [6, 6.07) is 74.3. The molecular weight excluding hydrogens is 725 g/mol. The molecule has 0 fully saturated rings. The number of anilines is 3. The van der Waals surface area contributed by atoms with E-state index in [4.69, 9.17) is 4.74 Å². The highest BCUT2D eigenvalue weighted by molar-refractivity contribution is 7.27. The summed E-state index contributed by atoms with van der Waals surface area (Å²) in [5, 5.41) is 4.96. The van der Waals surface area contributed by atoms with Gasteiger partial charge in [-0.2, -0.15) is 0 Å². The maximum atomic E-state index is 6.52. The summed E-state index contributed by atoms with van der Waals surface area (Å²) >= 11 is 1.88. The van der Waals surface area contributed by atoms with Crippen molar-refractivity contribution in [3.8, 4) is 50.6 Å². The standard InChI is InChI=1S/C54H34N2OS/c1-3-13-35(14-4-1)36-25-29-39(30-26-36)55(48-23-12-20-44-43-19-11-18-42(53(43)58-54(44)48)37-15-5-2-6-16-37)40-31-27-38(28-32-40)41-33-34-50-52-51(41)45-17-7-8-21-46(45)56(52)47-22-9-10-24-49(47)57-50/h1-34H. The molecule has 0 spiro atoms. The van der Waals surface area contributed by atoms with Crippen LogP contribution in [0, 0.1) is 0 Å². The zero-order valence-electron chi connectivity index (χ0n) is 31.3. The van der Waals surface area contributed by atoms with Gasteiger partial charge in [-0.05, 0) is 94.0 Å². The van der Waals surface area contributed by atoms with E-state index in [2.05, 4.69) is 204 Å². The van der Waals surface area contributed by atoms with E-state index in [1.165, 1.54) is 64.3 Å². The van der Waals surface area contributed by atoms with E-state index in [1.54, 1.807) is 0 Å². The summed E-state index contributed by atoms with van der Waals surface area (Å²) in [6.07, 6.45) is 0. The molecule has 2 aromatic heterocycles. The third kappa shape index (κ3) is 5.05. The van der Waals surface area contributed by atoms with Crippen LogP contribution >= 0.6 is 11.3 Å². The summed E-state index contributed by atoms with van der Waals surface area (Å²) in [5.41, 5.74) is 13.9. The van der Waals surface area contributed by atoms with Crippen LogP contribution in [-0.4, -0.2) is 4.57 Å². The number of hydrogen-bond donors (Lipinski definition) is 0. The van der Waals surface area contributed by atoms with Crippen molar-refractivity contribution in [2.24, 2.45) is 0 Å². The first-order valence-electron chi connectivity index (χ1n) is 19.7. The third-order valence-corrected chi connectivity index (χ3v) is 12.9. The first kappa shape index (κ1) is 32.8. The minimum atomic E-state index is 0.872. The van der Waals surface area contributed by atoms with E-state index in [0.29, 0.717) is 0 Å². The van der Waals surface area contributed by atoms with E-state index in [1.807, 2.05) is 23.5 Å². The number of benzene rings is 9. The molecule has 3 nitrogen and oxygen atoms in total. The second-order valence-corrected chi connectivity index (χ2v) is 15.9. The van der Waals surface area contributed by atoms with Crippen LogP contribution < -0.4 is 9.64 Å². The number of hydrogen-bond acceptors (Lipinski definition) is 3. The lowest BCUT2D eigenvalue weighted by Gasteiger charge is -2.26. The lowest BCUT2D eigenvalue weighted by Crippen LogP contribution is -2.10. The van der Waals surface area contributed by atoms with E-state index < -0.39 is 0 Å². The third-order valence-electron chi connectivity index (χ3n) is 11.6. The maximum Gasteiger partial charge on any atom is 0.152 e. The number of para-hydroxylation sites is 3. The van der Waals surface area contributed by atoms with Crippen LogP contribution in [0.25, 0.3) is 81.0 Å². The molecule has 0 N–H and O–H groups in total. The second-order valence-electron chi connectivity index (χ2n) is 14.9. The number of nitrogens with zero attached hydrogens (tertiary/aromatic N) is 2. The number of rotatable bonds is 6. The van der Waals surface area contributed by atoms with Crippen molar-refractivity contribution in [1.29, 1.82) is 0 Å². The number of thiophene rings is 1. The molecule has 0 aliphatic carbocycles. The van der Waals surface area contributed by atoms with Crippen molar-refractivity contribution >= 4 is 70.4 Å². The van der Waals surface area contributed by atoms with Crippen LogP contribution in [0.3, 0.4) is 0 Å². The minimum Gasteiger partial charge on any atom is -0.453 e. The molecule has 12 rings (SSSR count). The Morgan fingerprint density at radius 2 is 0.983 bits per heavy atom. The quantitative estimate of drug-likeness (QED) is 0.168. The van der Waals surface area contributed by atoms with E-state index >= 15 is 0 Å². The normalized spacial score (nSPS) is 11.9. The highest BCUT2D eigenvalue weighted by Crippen LogP contribution is 2.50. The van der Waals surface area contributed by atoms with Gasteiger partial charge >= 0.3 is 0 Å². The first-order valence-corrected chi connectivity index (χ1v) is 20.5. The largest absolute Gasteiger partial charge is 0.453 e. The summed E-state index contributed by atoms with van der Waals surface area (Å²) < 4.78 is 11.4. The Bertz CT molecular complexity index is 3350. The smallest absolute Gasteiger partial charge is 0.152 e. The fraction of sp³-hybridized carbons (Fsp3) is 0. The molecule has 0 radical (unpaired) electrons. The SMILES string of the molecule is c1ccc(-c2ccc(N(c3ccc(-c4ccc5c6c4c4ccccc4n6-c4ccccc4O5)cc3)c3cccc4c3sc3c(-c5ccccc5)cccc34)cc2)cc1. The van der Waals surface area contributed by atoms with Gasteiger partial charge < -0.3 is 14.2 Å². The molecule has 9 aromatic carbocycles. The highest BCUT2D eigenvalue weighted by Gasteiger charge is 2.26. The Balaban J connectivity index is 1.03. The van der Waals surface area contributed by atoms with Crippen molar-refractivity contribution in [2.75, 3.05) is 4.90 Å². The lowest BCUT2D eigenvalue weighted by molar-refractivity contribution is 0.476. The molecule has 1 aliphatic rings. The molecule has 0 saturated heterocycles. The predicted octanol–water partition coefficient (Wildman–Crippen LogP) is 15.7. The van der Waals surface area contributed by atoms with Crippen molar-refractivity contribution < 1.29 is 4.74 Å². The van der Waals surface area contributed by atoms with Crippen LogP contribution in [0.1, 0.15) is 0 Å². The fourth-order valence-corrected chi connectivity index (χ4v) is 10.3. The molecule has 0 amide bonds. The minimum absolute atomic E-state index is 0.872. The molecular formula is C54H34N2OS. The fourth-order valence-electron chi connectivity index (χ4n) is 8.96. The van der Waals surface area contributed by atoms with Gasteiger partial charge in [-0.3, -0.25) is 0 Å². The van der Waals surface area contributed by atoms with Crippen molar-refractivity contribution in [3.05, 3.63) is 206 Å². The van der Waals surface area contributed by atoms with Gasteiger partial charge in [0.25, 0.3) is 0 Å². The number of fused-ring (bicyclic) bond motifs is 8. The number of aromatic nitrogens is 1. The first-order chi connectivity index (χ1) is 28.8. The molecule has 4 heteroatoms. The Morgan fingerprint density at radius 3 is 1.76 bits per heavy atom. The molecule has 11 aromatic rings. The van der Waals surface area contributed by atoms with Crippen molar-refractivity contribution in [3.63, 3.8) is 0 Å². The molecule has 0 atom stereocenters. The van der Waals surface area contributed by atoms with Crippen molar-refractivity contribution in [2.45, 2.75) is 0 Å². The lowest BCUT2D eigenvalue weighted by atomic mass is 9.98. The molecule has 272 valence electrons. The van der Waals surface area contributed by atoms with Gasteiger partial charge in [0.15, 0.2) is 11.5 Å². The Kier molecular flexibility index (Phi) is 7.40. The molecule has 3 heterocycles. The highest BCUT2D eigenvalue weighted by atomic mass is 32.1. The summed E-state index contributed by atoms with van der Waals surface area (Å²) in [6.45, 7) is 0. The molecule has 0 unspecified atom stereocenters. The van der Waals surface area contributed by atoms with E-state index in [0.717, 1.165) is 45.3 Å². The number of ether oxygens (including phenoxy) is 1. The average molecular weight is 759 g/mol.